The third-order valence-electron chi connectivity index (χ3n) is 2.12. The normalized spacial score (nSPS) is 10.4. The van der Waals surface area contributed by atoms with Crippen LogP contribution in [-0.4, -0.2) is 25.8 Å². The predicted octanol–water partition coefficient (Wildman–Crippen LogP) is 1.88. The zero-order valence-electron chi connectivity index (χ0n) is 8.38. The largest absolute Gasteiger partial charge is 0.478 e. The number of carboxylic acids is 1. The molecule has 0 aliphatic rings. The molecule has 0 bridgehead atoms. The molecule has 6 heteroatoms. The van der Waals surface area contributed by atoms with Crippen LogP contribution >= 0.6 is 22.6 Å². The molecule has 0 aromatic carbocycles. The quantitative estimate of drug-likeness (QED) is 0.855. The van der Waals surface area contributed by atoms with Gasteiger partial charge in [-0.25, -0.2) is 14.5 Å². The zero-order chi connectivity index (χ0) is 11.7. The van der Waals surface area contributed by atoms with E-state index < -0.39 is 5.97 Å². The van der Waals surface area contributed by atoms with Gasteiger partial charge in [0.25, 0.3) is 0 Å². The van der Waals surface area contributed by atoms with Gasteiger partial charge in [0.2, 0.25) is 0 Å². The standard InChI is InChI=1S/C10H8IN3O2/c1-6-2-3-12-9(8(6)10(15)16)14-5-7(11)4-13-14/h2-5H,1H3,(H,15,16). The Balaban J connectivity index is 2.65. The van der Waals surface area contributed by atoms with Crippen LogP contribution in [0, 0.1) is 10.5 Å². The molecule has 0 fully saturated rings. The first kappa shape index (κ1) is 11.1. The summed E-state index contributed by atoms with van der Waals surface area (Å²) in [7, 11) is 0. The number of halogens is 1. The van der Waals surface area contributed by atoms with Crippen molar-refractivity contribution in [2.75, 3.05) is 0 Å². The van der Waals surface area contributed by atoms with Gasteiger partial charge in [-0.1, -0.05) is 0 Å². The van der Waals surface area contributed by atoms with E-state index in [-0.39, 0.29) is 5.56 Å². The van der Waals surface area contributed by atoms with Crippen molar-refractivity contribution in [2.24, 2.45) is 0 Å². The van der Waals surface area contributed by atoms with E-state index in [1.807, 2.05) is 0 Å². The maximum atomic E-state index is 11.1. The molecular formula is C10H8IN3O2. The average Bonchev–Trinajstić information content (AvgIpc) is 2.63. The van der Waals surface area contributed by atoms with E-state index in [1.165, 1.54) is 4.68 Å². The Labute approximate surface area is 105 Å². The monoisotopic (exact) mass is 329 g/mol. The van der Waals surface area contributed by atoms with Crippen molar-refractivity contribution >= 4 is 28.6 Å². The summed E-state index contributed by atoms with van der Waals surface area (Å²) in [6.07, 6.45) is 4.95. The molecule has 0 aliphatic heterocycles. The minimum Gasteiger partial charge on any atom is -0.478 e. The molecule has 0 aliphatic carbocycles. The maximum Gasteiger partial charge on any atom is 0.339 e. The van der Waals surface area contributed by atoms with E-state index in [9.17, 15) is 4.79 Å². The second-order valence-electron chi connectivity index (χ2n) is 3.23. The van der Waals surface area contributed by atoms with E-state index in [1.54, 1.807) is 31.6 Å². The van der Waals surface area contributed by atoms with Gasteiger partial charge >= 0.3 is 5.97 Å². The van der Waals surface area contributed by atoms with Crippen molar-refractivity contribution in [2.45, 2.75) is 6.92 Å². The van der Waals surface area contributed by atoms with Crippen molar-refractivity contribution < 1.29 is 9.90 Å². The Bertz CT molecular complexity index is 551. The summed E-state index contributed by atoms with van der Waals surface area (Å²) in [4.78, 5) is 15.2. The van der Waals surface area contributed by atoms with Crippen LogP contribution in [0.3, 0.4) is 0 Å². The molecule has 2 aromatic heterocycles. The summed E-state index contributed by atoms with van der Waals surface area (Å²) in [5.41, 5.74) is 0.852. The maximum absolute atomic E-state index is 11.1. The molecule has 0 atom stereocenters. The lowest BCUT2D eigenvalue weighted by Gasteiger charge is -2.06. The number of rotatable bonds is 2. The highest BCUT2D eigenvalue weighted by Gasteiger charge is 2.16. The zero-order valence-corrected chi connectivity index (χ0v) is 10.5. The van der Waals surface area contributed by atoms with Crippen LogP contribution < -0.4 is 0 Å². The smallest absolute Gasteiger partial charge is 0.339 e. The number of aromatic nitrogens is 3. The van der Waals surface area contributed by atoms with Gasteiger partial charge in [-0.15, -0.1) is 0 Å². The van der Waals surface area contributed by atoms with Crippen LogP contribution in [-0.2, 0) is 0 Å². The molecule has 82 valence electrons. The van der Waals surface area contributed by atoms with E-state index in [4.69, 9.17) is 5.11 Å². The van der Waals surface area contributed by atoms with Crippen molar-refractivity contribution in [3.8, 4) is 5.82 Å². The molecule has 16 heavy (non-hydrogen) atoms. The second kappa shape index (κ2) is 4.20. The van der Waals surface area contributed by atoms with Crippen LogP contribution in [0.5, 0.6) is 0 Å². The fourth-order valence-corrected chi connectivity index (χ4v) is 1.79. The number of carboxylic acid groups (broad SMARTS) is 1. The van der Waals surface area contributed by atoms with Crippen LogP contribution in [0.1, 0.15) is 15.9 Å². The number of pyridine rings is 1. The van der Waals surface area contributed by atoms with Gasteiger partial charge in [0.15, 0.2) is 5.82 Å². The van der Waals surface area contributed by atoms with E-state index in [0.29, 0.717) is 11.4 Å². The topological polar surface area (TPSA) is 68.0 Å². The molecule has 2 aromatic rings. The molecule has 0 saturated carbocycles. The first-order valence-corrected chi connectivity index (χ1v) is 5.57. The summed E-state index contributed by atoms with van der Waals surface area (Å²) < 4.78 is 2.40. The lowest BCUT2D eigenvalue weighted by atomic mass is 10.1. The Morgan fingerprint density at radius 3 is 2.88 bits per heavy atom. The number of hydrogen-bond acceptors (Lipinski definition) is 3. The second-order valence-corrected chi connectivity index (χ2v) is 4.48. The minimum atomic E-state index is -0.994. The van der Waals surface area contributed by atoms with Gasteiger partial charge in [0.1, 0.15) is 5.56 Å². The molecule has 1 N–H and O–H groups in total. The molecule has 2 rings (SSSR count). The highest BCUT2D eigenvalue weighted by Crippen LogP contribution is 2.16. The summed E-state index contributed by atoms with van der Waals surface area (Å²) >= 11 is 2.11. The van der Waals surface area contributed by atoms with Gasteiger partial charge < -0.3 is 5.11 Å². The minimum absolute atomic E-state index is 0.182. The Morgan fingerprint density at radius 2 is 2.31 bits per heavy atom. The van der Waals surface area contributed by atoms with E-state index >= 15 is 0 Å². The highest BCUT2D eigenvalue weighted by molar-refractivity contribution is 14.1. The van der Waals surface area contributed by atoms with Crippen LogP contribution in [0.4, 0.5) is 0 Å². The third-order valence-corrected chi connectivity index (χ3v) is 2.68. The summed E-state index contributed by atoms with van der Waals surface area (Å²) in [5, 5.41) is 13.2. The van der Waals surface area contributed by atoms with Gasteiger partial charge in [-0.2, -0.15) is 5.10 Å². The Hall–Kier alpha value is -1.44. The number of aryl methyl sites for hydroxylation is 1. The third kappa shape index (κ3) is 1.92. The summed E-state index contributed by atoms with van der Waals surface area (Å²) in [5.74, 6) is -0.651. The van der Waals surface area contributed by atoms with Crippen LogP contribution in [0.15, 0.2) is 24.7 Å². The predicted molar refractivity (Wildman–Crippen MR) is 65.8 cm³/mol. The molecule has 0 amide bonds. The van der Waals surface area contributed by atoms with E-state index in [0.717, 1.165) is 3.57 Å². The molecule has 0 spiro atoms. The van der Waals surface area contributed by atoms with Gasteiger partial charge in [0.05, 0.1) is 9.77 Å². The average molecular weight is 329 g/mol. The van der Waals surface area contributed by atoms with Crippen molar-refractivity contribution in [1.82, 2.24) is 14.8 Å². The first-order valence-electron chi connectivity index (χ1n) is 4.49. The SMILES string of the molecule is Cc1ccnc(-n2cc(I)cn2)c1C(=O)O. The molecule has 0 saturated heterocycles. The lowest BCUT2D eigenvalue weighted by Crippen LogP contribution is -2.10. The summed E-state index contributed by atoms with van der Waals surface area (Å²) in [6.45, 7) is 1.74. The Morgan fingerprint density at radius 1 is 1.56 bits per heavy atom. The Kier molecular flexibility index (Phi) is 2.90. The van der Waals surface area contributed by atoms with Gasteiger partial charge in [0, 0.05) is 12.4 Å². The van der Waals surface area contributed by atoms with Crippen molar-refractivity contribution in [3.63, 3.8) is 0 Å². The van der Waals surface area contributed by atoms with Crippen molar-refractivity contribution in [1.29, 1.82) is 0 Å². The molecule has 0 radical (unpaired) electrons. The number of aromatic carboxylic acids is 1. The van der Waals surface area contributed by atoms with Gasteiger partial charge in [-0.3, -0.25) is 0 Å². The van der Waals surface area contributed by atoms with Gasteiger partial charge in [-0.05, 0) is 41.1 Å². The molecular weight excluding hydrogens is 321 g/mol. The summed E-state index contributed by atoms with van der Waals surface area (Å²) in [6, 6.07) is 1.67. The number of hydrogen-bond donors (Lipinski definition) is 1. The lowest BCUT2D eigenvalue weighted by molar-refractivity contribution is 0.0695. The van der Waals surface area contributed by atoms with Crippen LogP contribution in [0.25, 0.3) is 5.82 Å². The van der Waals surface area contributed by atoms with E-state index in [2.05, 4.69) is 32.7 Å². The fraction of sp³-hybridized carbons (Fsp3) is 0.100. The molecule has 2 heterocycles. The first-order chi connectivity index (χ1) is 7.59. The fourth-order valence-electron chi connectivity index (χ4n) is 1.40. The number of carbonyl (C=O) groups is 1. The van der Waals surface area contributed by atoms with Crippen LogP contribution in [0.2, 0.25) is 0 Å². The number of nitrogens with zero attached hydrogens (tertiary/aromatic N) is 3. The highest BCUT2D eigenvalue weighted by atomic mass is 127. The molecule has 0 unspecified atom stereocenters. The molecule has 5 nitrogen and oxygen atoms in total. The van der Waals surface area contributed by atoms with Crippen molar-refractivity contribution in [3.05, 3.63) is 39.4 Å².